The number of hydrogen-bond acceptors (Lipinski definition) is 3. The Labute approximate surface area is 179 Å². The van der Waals surface area contributed by atoms with E-state index in [9.17, 15) is 14.4 Å². The smallest absolute Gasteiger partial charge is 0.253 e. The van der Waals surface area contributed by atoms with Gasteiger partial charge in [0.25, 0.3) is 5.91 Å². The van der Waals surface area contributed by atoms with Crippen LogP contribution in [0, 0.1) is 5.92 Å². The second-order valence-corrected chi connectivity index (χ2v) is 7.84. The molecule has 0 radical (unpaired) electrons. The van der Waals surface area contributed by atoms with Gasteiger partial charge in [-0.1, -0.05) is 22.0 Å². The van der Waals surface area contributed by atoms with E-state index in [1.165, 1.54) is 0 Å². The Morgan fingerprint density at radius 1 is 1.14 bits per heavy atom. The van der Waals surface area contributed by atoms with Crippen LogP contribution in [0.4, 0.5) is 11.4 Å². The quantitative estimate of drug-likeness (QED) is 0.714. The van der Waals surface area contributed by atoms with E-state index >= 15 is 0 Å². The molecule has 1 unspecified atom stereocenters. The molecule has 152 valence electrons. The van der Waals surface area contributed by atoms with Gasteiger partial charge in [-0.15, -0.1) is 0 Å². The molecule has 7 heteroatoms. The number of carbonyl (C=O) groups is 3. The Kier molecular flexibility index (Phi) is 6.69. The first-order valence-corrected chi connectivity index (χ1v) is 10.5. The Bertz CT molecular complexity index is 910. The molecule has 1 fully saturated rings. The highest BCUT2D eigenvalue weighted by molar-refractivity contribution is 9.10. The van der Waals surface area contributed by atoms with Crippen molar-refractivity contribution >= 4 is 45.0 Å². The van der Waals surface area contributed by atoms with Gasteiger partial charge in [-0.05, 0) is 56.3 Å². The van der Waals surface area contributed by atoms with Gasteiger partial charge in [0, 0.05) is 47.5 Å². The fraction of sp³-hybridized carbons (Fsp3) is 0.318. The summed E-state index contributed by atoms with van der Waals surface area (Å²) in [6.45, 7) is 5.53. The van der Waals surface area contributed by atoms with Crippen LogP contribution in [0.2, 0.25) is 0 Å². The van der Waals surface area contributed by atoms with Crippen molar-refractivity contribution in [3.63, 3.8) is 0 Å². The summed E-state index contributed by atoms with van der Waals surface area (Å²) in [6, 6.07) is 14.3. The van der Waals surface area contributed by atoms with Gasteiger partial charge in [0.1, 0.15) is 0 Å². The van der Waals surface area contributed by atoms with Crippen molar-refractivity contribution < 1.29 is 14.4 Å². The summed E-state index contributed by atoms with van der Waals surface area (Å²) in [5.41, 5.74) is 1.97. The second-order valence-electron chi connectivity index (χ2n) is 6.93. The largest absolute Gasteiger partial charge is 0.339 e. The van der Waals surface area contributed by atoms with Crippen LogP contribution in [0.5, 0.6) is 0 Å². The minimum absolute atomic E-state index is 0.0288. The van der Waals surface area contributed by atoms with Gasteiger partial charge >= 0.3 is 0 Å². The van der Waals surface area contributed by atoms with Gasteiger partial charge in [-0.25, -0.2) is 0 Å². The van der Waals surface area contributed by atoms with Crippen LogP contribution in [-0.2, 0) is 9.59 Å². The van der Waals surface area contributed by atoms with Crippen LogP contribution in [0.15, 0.2) is 53.0 Å². The third kappa shape index (κ3) is 4.85. The maximum absolute atomic E-state index is 12.6. The molecule has 1 aliphatic heterocycles. The Morgan fingerprint density at radius 2 is 1.83 bits per heavy atom. The van der Waals surface area contributed by atoms with E-state index in [4.69, 9.17) is 0 Å². The van der Waals surface area contributed by atoms with Crippen molar-refractivity contribution in [2.24, 2.45) is 5.92 Å². The standard InChI is InChI=1S/C22H24BrN3O3/c1-3-25(4-2)22(29)15-8-10-18(11-9-15)24-21(28)16-12-20(27)26(14-16)19-7-5-6-17(23)13-19/h5-11,13,16H,3-4,12,14H2,1-2H3,(H,24,28). The first-order chi connectivity index (χ1) is 13.9. The van der Waals surface area contributed by atoms with E-state index in [1.54, 1.807) is 34.1 Å². The molecule has 0 bridgehead atoms. The maximum atomic E-state index is 12.6. The zero-order chi connectivity index (χ0) is 21.0. The van der Waals surface area contributed by atoms with Gasteiger partial charge in [-0.2, -0.15) is 0 Å². The van der Waals surface area contributed by atoms with E-state index in [1.807, 2.05) is 38.1 Å². The van der Waals surface area contributed by atoms with Crippen LogP contribution >= 0.6 is 15.9 Å². The second kappa shape index (κ2) is 9.22. The molecule has 1 atom stereocenters. The van der Waals surface area contributed by atoms with Crippen LogP contribution in [0.25, 0.3) is 0 Å². The number of hydrogen-bond donors (Lipinski definition) is 1. The molecule has 3 amide bonds. The van der Waals surface area contributed by atoms with Crippen molar-refractivity contribution in [3.05, 3.63) is 58.6 Å². The van der Waals surface area contributed by atoms with E-state index in [0.29, 0.717) is 30.9 Å². The van der Waals surface area contributed by atoms with E-state index in [0.717, 1.165) is 10.2 Å². The fourth-order valence-electron chi connectivity index (χ4n) is 3.41. The molecule has 1 aliphatic rings. The minimum atomic E-state index is -0.418. The van der Waals surface area contributed by atoms with E-state index < -0.39 is 5.92 Å². The summed E-state index contributed by atoms with van der Waals surface area (Å²) in [4.78, 5) is 40.8. The normalized spacial score (nSPS) is 16.0. The average molecular weight is 458 g/mol. The minimum Gasteiger partial charge on any atom is -0.339 e. The summed E-state index contributed by atoms with van der Waals surface area (Å²) in [5, 5.41) is 2.86. The average Bonchev–Trinajstić information content (AvgIpc) is 3.11. The molecular formula is C22H24BrN3O3. The lowest BCUT2D eigenvalue weighted by Gasteiger charge is -2.19. The van der Waals surface area contributed by atoms with Gasteiger partial charge in [-0.3, -0.25) is 14.4 Å². The SMILES string of the molecule is CCN(CC)C(=O)c1ccc(NC(=O)C2CC(=O)N(c3cccc(Br)c3)C2)cc1. The lowest BCUT2D eigenvalue weighted by molar-refractivity contribution is -0.122. The van der Waals surface area contributed by atoms with Gasteiger partial charge in [0.2, 0.25) is 11.8 Å². The highest BCUT2D eigenvalue weighted by atomic mass is 79.9. The molecule has 0 aliphatic carbocycles. The number of rotatable bonds is 6. The number of nitrogens with one attached hydrogen (secondary N) is 1. The third-order valence-electron chi connectivity index (χ3n) is 5.07. The lowest BCUT2D eigenvalue weighted by atomic mass is 10.1. The van der Waals surface area contributed by atoms with Gasteiger partial charge in [0.15, 0.2) is 0 Å². The Morgan fingerprint density at radius 3 is 2.45 bits per heavy atom. The third-order valence-corrected chi connectivity index (χ3v) is 5.56. The number of anilines is 2. The molecule has 1 heterocycles. The number of halogens is 1. The van der Waals surface area contributed by atoms with Crippen LogP contribution in [0.1, 0.15) is 30.6 Å². The predicted octanol–water partition coefficient (Wildman–Crippen LogP) is 3.92. The Hall–Kier alpha value is -2.67. The zero-order valence-electron chi connectivity index (χ0n) is 16.5. The molecule has 2 aromatic carbocycles. The van der Waals surface area contributed by atoms with Crippen molar-refractivity contribution in [1.29, 1.82) is 0 Å². The zero-order valence-corrected chi connectivity index (χ0v) is 18.1. The van der Waals surface area contributed by atoms with Gasteiger partial charge < -0.3 is 15.1 Å². The van der Waals surface area contributed by atoms with E-state index in [2.05, 4.69) is 21.2 Å². The Balaban J connectivity index is 1.63. The van der Waals surface area contributed by atoms with Gasteiger partial charge in [0.05, 0.1) is 5.92 Å². The number of carbonyl (C=O) groups excluding carboxylic acids is 3. The topological polar surface area (TPSA) is 69.7 Å². The predicted molar refractivity (Wildman–Crippen MR) is 117 cm³/mol. The molecule has 6 nitrogen and oxygen atoms in total. The molecule has 1 N–H and O–H groups in total. The van der Waals surface area contributed by atoms with Crippen molar-refractivity contribution in [2.45, 2.75) is 20.3 Å². The summed E-state index contributed by atoms with van der Waals surface area (Å²) in [6.07, 6.45) is 0.177. The molecular weight excluding hydrogens is 434 g/mol. The molecule has 0 saturated carbocycles. The lowest BCUT2D eigenvalue weighted by Crippen LogP contribution is -2.30. The number of nitrogens with zero attached hydrogens (tertiary/aromatic N) is 2. The van der Waals surface area contributed by atoms with Crippen LogP contribution < -0.4 is 10.2 Å². The maximum Gasteiger partial charge on any atom is 0.253 e. The highest BCUT2D eigenvalue weighted by Gasteiger charge is 2.35. The molecule has 3 rings (SSSR count). The highest BCUT2D eigenvalue weighted by Crippen LogP contribution is 2.28. The first kappa shape index (κ1) is 21.0. The summed E-state index contributed by atoms with van der Waals surface area (Å²) >= 11 is 3.41. The molecule has 29 heavy (non-hydrogen) atoms. The van der Waals surface area contributed by atoms with Crippen molar-refractivity contribution in [1.82, 2.24) is 4.90 Å². The molecule has 1 saturated heterocycles. The fourth-order valence-corrected chi connectivity index (χ4v) is 3.80. The monoisotopic (exact) mass is 457 g/mol. The van der Waals surface area contributed by atoms with Crippen molar-refractivity contribution in [2.75, 3.05) is 29.9 Å². The van der Waals surface area contributed by atoms with E-state index in [-0.39, 0.29) is 24.1 Å². The number of amides is 3. The summed E-state index contributed by atoms with van der Waals surface area (Å²) in [5.74, 6) is -0.709. The van der Waals surface area contributed by atoms with Crippen molar-refractivity contribution in [3.8, 4) is 0 Å². The molecule has 2 aromatic rings. The summed E-state index contributed by atoms with van der Waals surface area (Å²) < 4.78 is 0.884. The van der Waals surface area contributed by atoms with Crippen LogP contribution in [-0.4, -0.2) is 42.3 Å². The first-order valence-electron chi connectivity index (χ1n) is 9.69. The number of benzene rings is 2. The molecule has 0 spiro atoms. The molecule has 0 aromatic heterocycles. The summed E-state index contributed by atoms with van der Waals surface area (Å²) in [7, 11) is 0. The van der Waals surface area contributed by atoms with Crippen LogP contribution in [0.3, 0.4) is 0 Å².